The van der Waals surface area contributed by atoms with Crippen molar-refractivity contribution in [2.24, 2.45) is 0 Å². The Labute approximate surface area is 120 Å². The van der Waals surface area contributed by atoms with E-state index < -0.39 is 6.10 Å². The van der Waals surface area contributed by atoms with Crippen LogP contribution < -0.4 is 4.74 Å². The maximum atomic E-state index is 12.1. The van der Waals surface area contributed by atoms with Gasteiger partial charge < -0.3 is 19.5 Å². The Balaban J connectivity index is 1.59. The van der Waals surface area contributed by atoms with Crippen molar-refractivity contribution in [3.05, 3.63) is 18.5 Å². The van der Waals surface area contributed by atoms with Crippen LogP contribution in [-0.2, 0) is 9.53 Å². The highest BCUT2D eigenvalue weighted by atomic mass is 16.5. The highest BCUT2D eigenvalue weighted by Crippen LogP contribution is 2.08. The number of hydrogen-bond donors (Lipinski definition) is 1. The SMILES string of the molecule is O=C(COc1ccc2nncn2n1)N1CCOC[C@H](O)C1. The molecule has 3 heterocycles. The van der Waals surface area contributed by atoms with Crippen molar-refractivity contribution in [3.63, 3.8) is 0 Å². The van der Waals surface area contributed by atoms with Gasteiger partial charge in [0.15, 0.2) is 12.3 Å². The molecule has 0 unspecified atom stereocenters. The van der Waals surface area contributed by atoms with Gasteiger partial charge in [-0.2, -0.15) is 4.52 Å². The molecule has 1 aliphatic heterocycles. The Morgan fingerprint density at radius 3 is 3.33 bits per heavy atom. The zero-order chi connectivity index (χ0) is 14.7. The molecule has 1 N–H and O–H groups in total. The Kier molecular flexibility index (Phi) is 3.93. The van der Waals surface area contributed by atoms with E-state index >= 15 is 0 Å². The first-order valence-corrected chi connectivity index (χ1v) is 6.56. The van der Waals surface area contributed by atoms with Gasteiger partial charge in [0, 0.05) is 19.2 Å². The number of β-amino-alcohol motifs (C(OH)–C–C–N with tert-alkyl or cyclic N) is 1. The monoisotopic (exact) mass is 293 g/mol. The first-order chi connectivity index (χ1) is 10.2. The summed E-state index contributed by atoms with van der Waals surface area (Å²) in [7, 11) is 0. The third kappa shape index (κ3) is 3.26. The lowest BCUT2D eigenvalue weighted by atomic mass is 10.3. The van der Waals surface area contributed by atoms with E-state index in [1.165, 1.54) is 15.7 Å². The van der Waals surface area contributed by atoms with Crippen LogP contribution >= 0.6 is 0 Å². The molecule has 1 amide bonds. The fourth-order valence-electron chi connectivity index (χ4n) is 2.03. The topological polar surface area (TPSA) is 102 Å². The molecule has 0 spiro atoms. The van der Waals surface area contributed by atoms with Crippen molar-refractivity contribution in [2.45, 2.75) is 6.10 Å². The lowest BCUT2D eigenvalue weighted by molar-refractivity contribution is -0.134. The van der Waals surface area contributed by atoms with E-state index in [4.69, 9.17) is 9.47 Å². The summed E-state index contributed by atoms with van der Waals surface area (Å²) in [6, 6.07) is 3.32. The van der Waals surface area contributed by atoms with Crippen LogP contribution in [0.2, 0.25) is 0 Å². The molecule has 2 aromatic heterocycles. The number of amides is 1. The van der Waals surface area contributed by atoms with Gasteiger partial charge >= 0.3 is 0 Å². The molecule has 1 aliphatic rings. The number of hydrogen-bond acceptors (Lipinski definition) is 7. The molecule has 9 heteroatoms. The quantitative estimate of drug-likeness (QED) is 0.752. The van der Waals surface area contributed by atoms with Crippen LogP contribution in [0, 0.1) is 0 Å². The number of ether oxygens (including phenoxy) is 2. The lowest BCUT2D eigenvalue weighted by Crippen LogP contribution is -2.40. The summed E-state index contributed by atoms with van der Waals surface area (Å²) in [4.78, 5) is 13.6. The van der Waals surface area contributed by atoms with Crippen LogP contribution in [0.5, 0.6) is 5.88 Å². The van der Waals surface area contributed by atoms with Gasteiger partial charge in [0.25, 0.3) is 5.91 Å². The number of aromatic nitrogens is 4. The molecule has 0 bridgehead atoms. The summed E-state index contributed by atoms with van der Waals surface area (Å²) in [5.41, 5.74) is 0.599. The smallest absolute Gasteiger partial charge is 0.260 e. The number of carbonyl (C=O) groups is 1. The summed E-state index contributed by atoms with van der Waals surface area (Å²) in [6.45, 7) is 1.20. The maximum Gasteiger partial charge on any atom is 0.260 e. The lowest BCUT2D eigenvalue weighted by Gasteiger charge is -2.21. The summed E-state index contributed by atoms with van der Waals surface area (Å²) < 4.78 is 12.0. The average Bonchev–Trinajstić information content (AvgIpc) is 2.84. The number of aliphatic hydroxyl groups excluding tert-OH is 1. The van der Waals surface area contributed by atoms with Crippen molar-refractivity contribution >= 4 is 11.6 Å². The standard InChI is InChI=1S/C12H15N5O4/c18-9-5-16(3-4-20-6-9)12(19)7-21-11-2-1-10-14-13-8-17(10)15-11/h1-2,8-9,18H,3-7H2/t9-/m1/s1. The number of carbonyl (C=O) groups excluding carboxylic acids is 1. The second-order valence-corrected chi connectivity index (χ2v) is 4.66. The molecule has 1 saturated heterocycles. The molecule has 1 atom stereocenters. The van der Waals surface area contributed by atoms with Crippen LogP contribution in [0.15, 0.2) is 18.5 Å². The Bertz CT molecular complexity index is 631. The van der Waals surface area contributed by atoms with Crippen LogP contribution in [-0.4, -0.2) is 74.7 Å². The third-order valence-corrected chi connectivity index (χ3v) is 3.08. The Morgan fingerprint density at radius 2 is 2.43 bits per heavy atom. The summed E-state index contributed by atoms with van der Waals surface area (Å²) >= 11 is 0. The van der Waals surface area contributed by atoms with E-state index in [9.17, 15) is 9.90 Å². The molecular weight excluding hydrogens is 278 g/mol. The van der Waals surface area contributed by atoms with Crippen LogP contribution in [0.4, 0.5) is 0 Å². The molecule has 0 saturated carbocycles. The summed E-state index contributed by atoms with van der Waals surface area (Å²) in [5.74, 6) is 0.0903. The molecule has 1 fully saturated rings. The molecule has 21 heavy (non-hydrogen) atoms. The number of nitrogens with zero attached hydrogens (tertiary/aromatic N) is 5. The number of rotatable bonds is 3. The van der Waals surface area contributed by atoms with Gasteiger partial charge in [-0.1, -0.05) is 0 Å². The van der Waals surface area contributed by atoms with Gasteiger partial charge in [-0.05, 0) is 6.07 Å². The van der Waals surface area contributed by atoms with Crippen molar-refractivity contribution in [2.75, 3.05) is 32.9 Å². The minimum atomic E-state index is -0.664. The fraction of sp³-hybridized carbons (Fsp3) is 0.500. The van der Waals surface area contributed by atoms with Gasteiger partial charge in [0.2, 0.25) is 5.88 Å². The predicted octanol–water partition coefficient (Wildman–Crippen LogP) is -1.28. The molecule has 112 valence electrons. The molecule has 0 radical (unpaired) electrons. The second kappa shape index (κ2) is 6.02. The van der Waals surface area contributed by atoms with Gasteiger partial charge in [0.1, 0.15) is 6.33 Å². The summed E-state index contributed by atoms with van der Waals surface area (Å²) in [5, 5.41) is 21.2. The van der Waals surface area contributed by atoms with Crippen molar-refractivity contribution < 1.29 is 19.4 Å². The van der Waals surface area contributed by atoms with Crippen molar-refractivity contribution in [3.8, 4) is 5.88 Å². The molecule has 0 aromatic carbocycles. The van der Waals surface area contributed by atoms with Gasteiger partial charge in [0.05, 0.1) is 19.3 Å². The Hall–Kier alpha value is -2.26. The molecular formula is C12H15N5O4. The third-order valence-electron chi connectivity index (χ3n) is 3.08. The van der Waals surface area contributed by atoms with E-state index in [1.807, 2.05) is 0 Å². The zero-order valence-electron chi connectivity index (χ0n) is 11.3. The van der Waals surface area contributed by atoms with Crippen LogP contribution in [0.25, 0.3) is 5.65 Å². The predicted molar refractivity (Wildman–Crippen MR) is 69.7 cm³/mol. The van der Waals surface area contributed by atoms with Gasteiger partial charge in [-0.25, -0.2) is 0 Å². The normalized spacial score (nSPS) is 19.5. The van der Waals surface area contributed by atoms with E-state index in [-0.39, 0.29) is 25.7 Å². The van der Waals surface area contributed by atoms with Crippen molar-refractivity contribution in [1.29, 1.82) is 0 Å². The highest BCUT2D eigenvalue weighted by molar-refractivity contribution is 5.77. The Morgan fingerprint density at radius 1 is 1.52 bits per heavy atom. The van der Waals surface area contributed by atoms with Crippen molar-refractivity contribution in [1.82, 2.24) is 24.7 Å². The van der Waals surface area contributed by atoms with E-state index in [0.29, 0.717) is 24.7 Å². The van der Waals surface area contributed by atoms with E-state index in [1.54, 1.807) is 12.1 Å². The average molecular weight is 293 g/mol. The van der Waals surface area contributed by atoms with Crippen LogP contribution in [0.3, 0.4) is 0 Å². The maximum absolute atomic E-state index is 12.1. The highest BCUT2D eigenvalue weighted by Gasteiger charge is 2.21. The zero-order valence-corrected chi connectivity index (χ0v) is 11.3. The first-order valence-electron chi connectivity index (χ1n) is 6.56. The molecule has 2 aromatic rings. The largest absolute Gasteiger partial charge is 0.467 e. The minimum absolute atomic E-state index is 0.145. The van der Waals surface area contributed by atoms with Gasteiger partial charge in [-0.3, -0.25) is 4.79 Å². The molecule has 9 nitrogen and oxygen atoms in total. The fourth-order valence-corrected chi connectivity index (χ4v) is 2.03. The van der Waals surface area contributed by atoms with E-state index in [2.05, 4.69) is 15.3 Å². The van der Waals surface area contributed by atoms with Gasteiger partial charge in [-0.15, -0.1) is 15.3 Å². The molecule has 3 rings (SSSR count). The second-order valence-electron chi connectivity index (χ2n) is 4.66. The van der Waals surface area contributed by atoms with E-state index in [0.717, 1.165) is 0 Å². The number of aliphatic hydroxyl groups is 1. The summed E-state index contributed by atoms with van der Waals surface area (Å²) in [6.07, 6.45) is 0.787. The number of fused-ring (bicyclic) bond motifs is 1. The minimum Gasteiger partial charge on any atom is -0.467 e. The van der Waals surface area contributed by atoms with Crippen LogP contribution in [0.1, 0.15) is 0 Å². The first kappa shape index (κ1) is 13.7. The molecule has 0 aliphatic carbocycles.